The van der Waals surface area contributed by atoms with Gasteiger partial charge in [-0.2, -0.15) is 0 Å². The number of sulfonamides is 1. The summed E-state index contributed by atoms with van der Waals surface area (Å²) in [6.07, 6.45) is 1.43. The molecule has 0 unspecified atom stereocenters. The van der Waals surface area contributed by atoms with Gasteiger partial charge in [-0.3, -0.25) is 4.72 Å². The smallest absolute Gasteiger partial charge is 0.337 e. The van der Waals surface area contributed by atoms with Gasteiger partial charge in [-0.1, -0.05) is 0 Å². The molecular formula is C19H17NO6S. The SMILES string of the molecule is COc1ccc(S(=O)(=O)Nc2c(C(=O)O)cc(C)cc2-c2ccco2)cc1. The minimum atomic E-state index is -4.03. The van der Waals surface area contributed by atoms with Crippen LogP contribution in [0.2, 0.25) is 0 Å². The summed E-state index contributed by atoms with van der Waals surface area (Å²) >= 11 is 0. The lowest BCUT2D eigenvalue weighted by molar-refractivity contribution is 0.0698. The fraction of sp³-hybridized carbons (Fsp3) is 0.105. The van der Waals surface area contributed by atoms with Crippen molar-refractivity contribution in [2.75, 3.05) is 11.8 Å². The average Bonchev–Trinajstić information content (AvgIpc) is 3.17. The van der Waals surface area contributed by atoms with Crippen LogP contribution in [0.25, 0.3) is 11.3 Å². The summed E-state index contributed by atoms with van der Waals surface area (Å²) in [4.78, 5) is 11.7. The molecule has 7 nitrogen and oxygen atoms in total. The van der Waals surface area contributed by atoms with Gasteiger partial charge in [-0.15, -0.1) is 0 Å². The molecule has 2 aromatic carbocycles. The number of rotatable bonds is 6. The lowest BCUT2D eigenvalue weighted by atomic mass is 10.0. The second kappa shape index (κ2) is 7.16. The maximum absolute atomic E-state index is 12.8. The van der Waals surface area contributed by atoms with Crippen molar-refractivity contribution in [2.45, 2.75) is 11.8 Å². The Hall–Kier alpha value is -3.26. The van der Waals surface area contributed by atoms with E-state index < -0.39 is 16.0 Å². The number of ether oxygens (including phenoxy) is 1. The van der Waals surface area contributed by atoms with Crippen molar-refractivity contribution in [1.29, 1.82) is 0 Å². The van der Waals surface area contributed by atoms with Gasteiger partial charge in [0.15, 0.2) is 0 Å². The first kappa shape index (κ1) is 18.5. The molecule has 0 radical (unpaired) electrons. The van der Waals surface area contributed by atoms with Gasteiger partial charge < -0.3 is 14.3 Å². The van der Waals surface area contributed by atoms with E-state index in [0.717, 1.165) is 0 Å². The van der Waals surface area contributed by atoms with Gasteiger partial charge in [0.05, 0.1) is 29.5 Å². The Balaban J connectivity index is 2.13. The molecule has 0 aliphatic carbocycles. The highest BCUT2D eigenvalue weighted by Crippen LogP contribution is 2.34. The molecule has 3 aromatic rings. The quantitative estimate of drug-likeness (QED) is 0.667. The Morgan fingerprint density at radius 3 is 2.41 bits per heavy atom. The van der Waals surface area contributed by atoms with Crippen molar-refractivity contribution in [3.05, 3.63) is 65.9 Å². The molecule has 27 heavy (non-hydrogen) atoms. The summed E-state index contributed by atoms with van der Waals surface area (Å²) in [5.41, 5.74) is 0.776. The van der Waals surface area contributed by atoms with E-state index in [-0.39, 0.29) is 16.1 Å². The molecule has 0 fully saturated rings. The molecule has 8 heteroatoms. The standard InChI is InChI=1S/C19H17NO6S/c1-12-10-15(17-4-3-9-26-17)18(16(11-12)19(21)22)20-27(23,24)14-7-5-13(25-2)6-8-14/h3-11,20H,1-2H3,(H,21,22). The maximum atomic E-state index is 12.8. The monoisotopic (exact) mass is 387 g/mol. The lowest BCUT2D eigenvalue weighted by Crippen LogP contribution is -2.16. The molecule has 140 valence electrons. The van der Waals surface area contributed by atoms with E-state index in [9.17, 15) is 18.3 Å². The Bertz CT molecular complexity index is 1070. The Kier molecular flexibility index (Phi) is 4.91. The number of nitrogens with one attached hydrogen (secondary N) is 1. The van der Waals surface area contributed by atoms with E-state index in [1.807, 2.05) is 0 Å². The molecule has 2 N–H and O–H groups in total. The van der Waals surface area contributed by atoms with Crippen molar-refractivity contribution in [1.82, 2.24) is 0 Å². The Labute approximate surface area is 156 Å². The van der Waals surface area contributed by atoms with Crippen molar-refractivity contribution in [3.63, 3.8) is 0 Å². The molecule has 1 aromatic heterocycles. The number of anilines is 1. The number of carboxylic acids is 1. The van der Waals surface area contributed by atoms with Gasteiger partial charge in [0.25, 0.3) is 10.0 Å². The van der Waals surface area contributed by atoms with E-state index in [0.29, 0.717) is 22.6 Å². The Morgan fingerprint density at radius 1 is 1.15 bits per heavy atom. The summed E-state index contributed by atoms with van der Waals surface area (Å²) in [5, 5.41) is 9.57. The number of carboxylic acid groups (broad SMARTS) is 1. The third-order valence-electron chi connectivity index (χ3n) is 3.91. The number of methoxy groups -OCH3 is 1. The zero-order valence-corrected chi connectivity index (χ0v) is 15.4. The minimum Gasteiger partial charge on any atom is -0.497 e. The van der Waals surface area contributed by atoms with Crippen LogP contribution in [0.4, 0.5) is 5.69 Å². The van der Waals surface area contributed by atoms with Crippen LogP contribution in [-0.4, -0.2) is 26.6 Å². The third-order valence-corrected chi connectivity index (χ3v) is 5.27. The third kappa shape index (κ3) is 3.80. The van der Waals surface area contributed by atoms with Crippen molar-refractivity contribution in [2.24, 2.45) is 0 Å². The summed E-state index contributed by atoms with van der Waals surface area (Å²) in [6, 6.07) is 12.1. The molecule has 0 bridgehead atoms. The molecule has 0 atom stereocenters. The van der Waals surface area contributed by atoms with E-state index in [4.69, 9.17) is 9.15 Å². The molecule has 0 saturated heterocycles. The lowest BCUT2D eigenvalue weighted by Gasteiger charge is -2.15. The Morgan fingerprint density at radius 2 is 1.85 bits per heavy atom. The first-order valence-corrected chi connectivity index (χ1v) is 9.39. The topological polar surface area (TPSA) is 106 Å². The fourth-order valence-corrected chi connectivity index (χ4v) is 3.74. The van der Waals surface area contributed by atoms with Crippen LogP contribution in [0.5, 0.6) is 5.75 Å². The van der Waals surface area contributed by atoms with Crippen molar-refractivity contribution in [3.8, 4) is 17.1 Å². The molecular weight excluding hydrogens is 370 g/mol. The number of carbonyl (C=O) groups is 1. The van der Waals surface area contributed by atoms with Crippen LogP contribution in [0, 0.1) is 6.92 Å². The first-order chi connectivity index (χ1) is 12.8. The number of aryl methyl sites for hydroxylation is 1. The molecule has 1 heterocycles. The summed E-state index contributed by atoms with van der Waals surface area (Å²) in [6.45, 7) is 1.72. The molecule has 3 rings (SSSR count). The second-order valence-corrected chi connectivity index (χ2v) is 7.48. The van der Waals surface area contributed by atoms with Gasteiger partial charge in [0, 0.05) is 5.56 Å². The van der Waals surface area contributed by atoms with Gasteiger partial charge in [-0.25, -0.2) is 13.2 Å². The van der Waals surface area contributed by atoms with E-state index in [1.54, 1.807) is 25.1 Å². The maximum Gasteiger partial charge on any atom is 0.337 e. The number of benzene rings is 2. The van der Waals surface area contributed by atoms with E-state index in [1.165, 1.54) is 43.7 Å². The molecule has 0 aliphatic heterocycles. The average molecular weight is 387 g/mol. The van der Waals surface area contributed by atoms with Gasteiger partial charge in [0.2, 0.25) is 0 Å². The number of hydrogen-bond donors (Lipinski definition) is 2. The van der Waals surface area contributed by atoms with Crippen LogP contribution in [-0.2, 0) is 10.0 Å². The predicted molar refractivity (Wildman–Crippen MR) is 99.6 cm³/mol. The van der Waals surface area contributed by atoms with Crippen LogP contribution in [0.3, 0.4) is 0 Å². The highest BCUT2D eigenvalue weighted by molar-refractivity contribution is 7.92. The molecule has 0 amide bonds. The fourth-order valence-electron chi connectivity index (χ4n) is 2.64. The summed E-state index contributed by atoms with van der Waals surface area (Å²) < 4.78 is 38.4. The van der Waals surface area contributed by atoms with Crippen LogP contribution in [0.15, 0.2) is 64.1 Å². The molecule has 0 aliphatic rings. The molecule has 0 spiro atoms. The zero-order chi connectivity index (χ0) is 19.6. The van der Waals surface area contributed by atoms with Crippen LogP contribution < -0.4 is 9.46 Å². The first-order valence-electron chi connectivity index (χ1n) is 7.90. The van der Waals surface area contributed by atoms with E-state index in [2.05, 4.69) is 4.72 Å². The number of hydrogen-bond acceptors (Lipinski definition) is 5. The van der Waals surface area contributed by atoms with Crippen LogP contribution >= 0.6 is 0 Å². The zero-order valence-electron chi connectivity index (χ0n) is 14.6. The van der Waals surface area contributed by atoms with Crippen LogP contribution in [0.1, 0.15) is 15.9 Å². The summed E-state index contributed by atoms with van der Waals surface area (Å²) in [7, 11) is -2.56. The molecule has 0 saturated carbocycles. The highest BCUT2D eigenvalue weighted by atomic mass is 32.2. The predicted octanol–water partition coefficient (Wildman–Crippen LogP) is 3.76. The van der Waals surface area contributed by atoms with Crippen molar-refractivity contribution >= 4 is 21.7 Å². The van der Waals surface area contributed by atoms with Crippen molar-refractivity contribution < 1.29 is 27.5 Å². The van der Waals surface area contributed by atoms with Gasteiger partial charge in [0.1, 0.15) is 11.5 Å². The van der Waals surface area contributed by atoms with Gasteiger partial charge in [-0.05, 0) is 61.0 Å². The second-order valence-electron chi connectivity index (χ2n) is 5.80. The summed E-state index contributed by atoms with van der Waals surface area (Å²) in [5.74, 6) is -0.389. The highest BCUT2D eigenvalue weighted by Gasteiger charge is 2.23. The minimum absolute atomic E-state index is 0.0226. The van der Waals surface area contributed by atoms with E-state index >= 15 is 0 Å². The number of furan rings is 1. The largest absolute Gasteiger partial charge is 0.497 e. The normalized spacial score (nSPS) is 11.2. The number of aromatic carboxylic acids is 1. The van der Waals surface area contributed by atoms with Gasteiger partial charge >= 0.3 is 5.97 Å².